The monoisotopic (exact) mass is 415 g/mol. The third-order valence-electron chi connectivity index (χ3n) is 5.26. The van der Waals surface area contributed by atoms with Crippen LogP contribution in [0.2, 0.25) is 0 Å². The van der Waals surface area contributed by atoms with Gasteiger partial charge in [0.15, 0.2) is 5.76 Å². The number of allylic oxidation sites excluding steroid dienone is 1. The van der Waals surface area contributed by atoms with Gasteiger partial charge >= 0.3 is 0 Å². The number of Topliss-reactive ketones (excluding diaryl/α,β-unsaturated/α-hetero) is 1. The van der Waals surface area contributed by atoms with E-state index in [1.54, 1.807) is 30.3 Å². The molecule has 0 N–H and O–H groups in total. The highest BCUT2D eigenvalue weighted by Gasteiger charge is 2.30. The van der Waals surface area contributed by atoms with Crippen LogP contribution in [0.5, 0.6) is 11.5 Å². The van der Waals surface area contributed by atoms with Gasteiger partial charge in [-0.1, -0.05) is 31.2 Å². The van der Waals surface area contributed by atoms with Crippen molar-refractivity contribution in [3.8, 4) is 11.5 Å². The van der Waals surface area contributed by atoms with Crippen LogP contribution in [0.3, 0.4) is 0 Å². The van der Waals surface area contributed by atoms with Crippen LogP contribution in [0, 0.1) is 17.0 Å². The van der Waals surface area contributed by atoms with Gasteiger partial charge in [-0.05, 0) is 60.4 Å². The van der Waals surface area contributed by atoms with Crippen molar-refractivity contribution in [2.75, 3.05) is 0 Å². The van der Waals surface area contributed by atoms with Gasteiger partial charge in [-0.15, -0.1) is 0 Å². The Hall–Kier alpha value is -3.93. The number of benzene rings is 3. The van der Waals surface area contributed by atoms with E-state index in [1.165, 1.54) is 17.7 Å². The highest BCUT2D eigenvalue weighted by atomic mass is 16.6. The lowest BCUT2D eigenvalue weighted by Gasteiger charge is -2.11. The lowest BCUT2D eigenvalue weighted by atomic mass is 10.0. The summed E-state index contributed by atoms with van der Waals surface area (Å²) in [5, 5.41) is 10.8. The number of nitro benzene ring substituents is 1. The maximum atomic E-state index is 12.8. The molecule has 0 radical (unpaired) electrons. The van der Waals surface area contributed by atoms with Gasteiger partial charge in [0.2, 0.25) is 5.78 Å². The molecule has 1 aliphatic heterocycles. The highest BCUT2D eigenvalue weighted by molar-refractivity contribution is 6.14. The van der Waals surface area contributed by atoms with Crippen LogP contribution in [0.25, 0.3) is 6.08 Å². The molecule has 0 saturated carbocycles. The predicted octanol–water partition coefficient (Wildman–Crippen LogP) is 5.66. The molecular formula is C25H21NO5. The number of non-ortho nitro benzene ring substituents is 1. The highest BCUT2D eigenvalue weighted by Crippen LogP contribution is 2.39. The van der Waals surface area contributed by atoms with Crippen molar-refractivity contribution in [1.29, 1.82) is 0 Å². The minimum atomic E-state index is -0.438. The Morgan fingerprint density at radius 2 is 1.68 bits per heavy atom. The normalized spacial score (nSPS) is 13.7. The summed E-state index contributed by atoms with van der Waals surface area (Å²) in [5.41, 5.74) is 4.22. The summed E-state index contributed by atoms with van der Waals surface area (Å²) in [6, 6.07) is 17.7. The largest absolute Gasteiger partial charge is 0.488 e. The average Bonchev–Trinajstić information content (AvgIpc) is 3.10. The molecule has 0 unspecified atom stereocenters. The second kappa shape index (κ2) is 8.44. The van der Waals surface area contributed by atoms with E-state index in [0.717, 1.165) is 23.1 Å². The molecule has 0 amide bonds. The Labute approximate surface area is 179 Å². The maximum Gasteiger partial charge on any atom is 0.269 e. The fraction of sp³-hybridized carbons (Fsp3) is 0.160. The van der Waals surface area contributed by atoms with Gasteiger partial charge in [0.1, 0.15) is 18.1 Å². The van der Waals surface area contributed by atoms with Crippen molar-refractivity contribution >= 4 is 17.5 Å². The van der Waals surface area contributed by atoms with Crippen molar-refractivity contribution in [3.05, 3.63) is 104 Å². The molecule has 6 nitrogen and oxygen atoms in total. The molecule has 1 heterocycles. The second-order valence-corrected chi connectivity index (χ2v) is 7.31. The van der Waals surface area contributed by atoms with Crippen molar-refractivity contribution in [2.45, 2.75) is 26.9 Å². The first-order valence-corrected chi connectivity index (χ1v) is 9.99. The van der Waals surface area contributed by atoms with Gasteiger partial charge in [0, 0.05) is 17.7 Å². The Morgan fingerprint density at radius 3 is 2.32 bits per heavy atom. The summed E-state index contributed by atoms with van der Waals surface area (Å²) in [6.45, 7) is 4.19. The average molecular weight is 415 g/mol. The van der Waals surface area contributed by atoms with E-state index in [-0.39, 0.29) is 23.8 Å². The SMILES string of the molecule is CCc1ccc(/C=C2\Oc3c(ccc(OCc4ccc([N+](=O)[O-])cc4)c3C)C2=O)cc1. The van der Waals surface area contributed by atoms with Gasteiger partial charge in [0.05, 0.1) is 10.5 Å². The third-order valence-corrected chi connectivity index (χ3v) is 5.26. The molecule has 0 aliphatic carbocycles. The zero-order valence-corrected chi connectivity index (χ0v) is 17.3. The van der Waals surface area contributed by atoms with E-state index in [0.29, 0.717) is 17.1 Å². The quantitative estimate of drug-likeness (QED) is 0.295. The van der Waals surface area contributed by atoms with Gasteiger partial charge in [0.25, 0.3) is 5.69 Å². The molecule has 0 aromatic heterocycles. The van der Waals surface area contributed by atoms with Crippen LogP contribution >= 0.6 is 0 Å². The van der Waals surface area contributed by atoms with Gasteiger partial charge < -0.3 is 9.47 Å². The number of carbonyl (C=O) groups excluding carboxylic acids is 1. The molecule has 0 atom stereocenters. The molecule has 1 aliphatic rings. The minimum Gasteiger partial charge on any atom is -0.488 e. The molecule has 0 saturated heterocycles. The number of nitrogens with zero attached hydrogens (tertiary/aromatic N) is 1. The number of rotatable bonds is 6. The maximum absolute atomic E-state index is 12.8. The predicted molar refractivity (Wildman–Crippen MR) is 117 cm³/mol. The van der Waals surface area contributed by atoms with Crippen LogP contribution in [0.1, 0.15) is 39.5 Å². The molecule has 31 heavy (non-hydrogen) atoms. The molecule has 3 aromatic carbocycles. The van der Waals surface area contributed by atoms with E-state index in [9.17, 15) is 14.9 Å². The zero-order chi connectivity index (χ0) is 22.0. The number of ether oxygens (including phenoxy) is 2. The Kier molecular flexibility index (Phi) is 5.54. The smallest absolute Gasteiger partial charge is 0.269 e. The first kappa shape index (κ1) is 20.3. The van der Waals surface area contributed by atoms with E-state index in [4.69, 9.17) is 9.47 Å². The second-order valence-electron chi connectivity index (χ2n) is 7.31. The van der Waals surface area contributed by atoms with Crippen LogP contribution in [-0.2, 0) is 13.0 Å². The molecule has 0 fully saturated rings. The molecule has 156 valence electrons. The van der Waals surface area contributed by atoms with Crippen molar-refractivity contribution in [1.82, 2.24) is 0 Å². The molecular weight excluding hydrogens is 394 g/mol. The summed E-state index contributed by atoms with van der Waals surface area (Å²) in [5.74, 6) is 1.23. The third kappa shape index (κ3) is 4.19. The molecule has 0 spiro atoms. The number of hydrogen-bond donors (Lipinski definition) is 0. The number of carbonyl (C=O) groups is 1. The number of hydrogen-bond acceptors (Lipinski definition) is 5. The topological polar surface area (TPSA) is 78.7 Å². The fourth-order valence-corrected chi connectivity index (χ4v) is 3.40. The van der Waals surface area contributed by atoms with E-state index < -0.39 is 4.92 Å². The van der Waals surface area contributed by atoms with Crippen molar-refractivity contribution < 1.29 is 19.2 Å². The van der Waals surface area contributed by atoms with Crippen molar-refractivity contribution in [3.63, 3.8) is 0 Å². The number of aryl methyl sites for hydroxylation is 1. The van der Waals surface area contributed by atoms with Crippen LogP contribution in [0.15, 0.2) is 66.4 Å². The van der Waals surface area contributed by atoms with Crippen LogP contribution in [0.4, 0.5) is 5.69 Å². The first-order chi connectivity index (χ1) is 15.0. The fourth-order valence-electron chi connectivity index (χ4n) is 3.40. The zero-order valence-electron chi connectivity index (χ0n) is 17.3. The van der Waals surface area contributed by atoms with Gasteiger partial charge in [-0.3, -0.25) is 14.9 Å². The summed E-state index contributed by atoms with van der Waals surface area (Å²) in [7, 11) is 0. The Morgan fingerprint density at radius 1 is 1.00 bits per heavy atom. The number of fused-ring (bicyclic) bond motifs is 1. The molecule has 4 rings (SSSR count). The summed E-state index contributed by atoms with van der Waals surface area (Å²) >= 11 is 0. The molecule has 6 heteroatoms. The summed E-state index contributed by atoms with van der Waals surface area (Å²) < 4.78 is 11.8. The van der Waals surface area contributed by atoms with E-state index in [2.05, 4.69) is 6.92 Å². The van der Waals surface area contributed by atoms with Crippen LogP contribution in [-0.4, -0.2) is 10.7 Å². The van der Waals surface area contributed by atoms with E-state index >= 15 is 0 Å². The van der Waals surface area contributed by atoms with Gasteiger partial charge in [-0.2, -0.15) is 0 Å². The van der Waals surface area contributed by atoms with E-state index in [1.807, 2.05) is 31.2 Å². The number of nitro groups is 1. The minimum absolute atomic E-state index is 0.0352. The van der Waals surface area contributed by atoms with Gasteiger partial charge in [-0.25, -0.2) is 0 Å². The van der Waals surface area contributed by atoms with Crippen molar-refractivity contribution in [2.24, 2.45) is 0 Å². The molecule has 3 aromatic rings. The number of ketones is 1. The summed E-state index contributed by atoms with van der Waals surface area (Å²) in [4.78, 5) is 23.1. The Bertz CT molecular complexity index is 1180. The lowest BCUT2D eigenvalue weighted by Crippen LogP contribution is -1.99. The van der Waals surface area contributed by atoms with Crippen LogP contribution < -0.4 is 9.47 Å². The Balaban J connectivity index is 1.51. The molecule has 0 bridgehead atoms. The summed E-state index contributed by atoms with van der Waals surface area (Å²) in [6.07, 6.45) is 2.71. The first-order valence-electron chi connectivity index (χ1n) is 9.99. The lowest BCUT2D eigenvalue weighted by molar-refractivity contribution is -0.384. The standard InChI is InChI=1S/C25H21NO5/c1-3-17-4-6-18(7-5-17)14-23-24(27)21-12-13-22(16(2)25(21)31-23)30-15-19-8-10-20(11-9-19)26(28)29/h4-14H,3,15H2,1-2H3/b23-14-.